The van der Waals surface area contributed by atoms with E-state index in [2.05, 4.69) is 9.80 Å². The van der Waals surface area contributed by atoms with Crippen molar-refractivity contribution in [3.63, 3.8) is 0 Å². The molecule has 2 fully saturated rings. The maximum absolute atomic E-state index is 12.5. The van der Waals surface area contributed by atoms with Crippen LogP contribution in [0.15, 0.2) is 24.3 Å². The van der Waals surface area contributed by atoms with Gasteiger partial charge in [-0.05, 0) is 37.6 Å². The van der Waals surface area contributed by atoms with E-state index in [4.69, 9.17) is 0 Å². The Balaban J connectivity index is 1.49. The molecule has 0 radical (unpaired) electrons. The second kappa shape index (κ2) is 7.98. The zero-order valence-corrected chi connectivity index (χ0v) is 16.7. The third kappa shape index (κ3) is 4.87. The van der Waals surface area contributed by atoms with E-state index in [0.717, 1.165) is 31.9 Å². The first-order chi connectivity index (χ1) is 12.7. The van der Waals surface area contributed by atoms with Gasteiger partial charge in [-0.2, -0.15) is 0 Å². The van der Waals surface area contributed by atoms with Gasteiger partial charge in [0.25, 0.3) is 0 Å². The standard InChI is InChI=1S/C19H27N3O4S/c1-15(23)16-3-5-17(6-4-16)22-10-8-21(9-11-22)13-19(24)20(2)18-7-12-27(25,26)14-18/h3-6,18H,7-14H2,1-2H3/t18-/m0/s1. The summed E-state index contributed by atoms with van der Waals surface area (Å²) in [6.45, 7) is 5.06. The zero-order valence-electron chi connectivity index (χ0n) is 15.9. The van der Waals surface area contributed by atoms with Gasteiger partial charge < -0.3 is 9.80 Å². The molecule has 2 aliphatic rings. The molecule has 2 saturated heterocycles. The van der Waals surface area contributed by atoms with Crippen LogP contribution in [0.4, 0.5) is 5.69 Å². The van der Waals surface area contributed by atoms with Crippen LogP contribution in [0.2, 0.25) is 0 Å². The monoisotopic (exact) mass is 393 g/mol. The Bertz CT molecular complexity index is 799. The number of carbonyl (C=O) groups excluding carboxylic acids is 2. The molecule has 7 nitrogen and oxygen atoms in total. The number of nitrogens with zero attached hydrogens (tertiary/aromatic N) is 3. The van der Waals surface area contributed by atoms with Crippen LogP contribution in [-0.4, -0.2) is 87.2 Å². The van der Waals surface area contributed by atoms with Gasteiger partial charge in [-0.3, -0.25) is 14.5 Å². The number of benzene rings is 1. The normalized spacial score (nSPS) is 22.6. The van der Waals surface area contributed by atoms with Crippen molar-refractivity contribution in [1.82, 2.24) is 9.80 Å². The van der Waals surface area contributed by atoms with Crippen molar-refractivity contribution < 1.29 is 18.0 Å². The average Bonchev–Trinajstić information content (AvgIpc) is 3.01. The zero-order chi connectivity index (χ0) is 19.6. The van der Waals surface area contributed by atoms with Crippen molar-refractivity contribution in [3.05, 3.63) is 29.8 Å². The quantitative estimate of drug-likeness (QED) is 0.684. The summed E-state index contributed by atoms with van der Waals surface area (Å²) in [6, 6.07) is 7.43. The number of piperazine rings is 1. The van der Waals surface area contributed by atoms with Gasteiger partial charge in [0.2, 0.25) is 5.91 Å². The van der Waals surface area contributed by atoms with E-state index in [-0.39, 0.29) is 29.2 Å². The number of rotatable bonds is 5. The van der Waals surface area contributed by atoms with Crippen LogP contribution in [0.1, 0.15) is 23.7 Å². The highest BCUT2D eigenvalue weighted by atomic mass is 32.2. The van der Waals surface area contributed by atoms with Crippen molar-refractivity contribution in [3.8, 4) is 0 Å². The fraction of sp³-hybridized carbons (Fsp3) is 0.579. The predicted molar refractivity (Wildman–Crippen MR) is 105 cm³/mol. The molecule has 148 valence electrons. The Morgan fingerprint density at radius 3 is 2.26 bits per heavy atom. The Kier molecular flexibility index (Phi) is 5.86. The molecule has 0 N–H and O–H groups in total. The number of likely N-dealkylation sites (N-methyl/N-ethyl adjacent to an activating group) is 1. The van der Waals surface area contributed by atoms with Crippen LogP contribution in [0.25, 0.3) is 0 Å². The van der Waals surface area contributed by atoms with Crippen LogP contribution >= 0.6 is 0 Å². The van der Waals surface area contributed by atoms with Gasteiger partial charge in [0.15, 0.2) is 15.6 Å². The minimum absolute atomic E-state index is 0.0173. The van der Waals surface area contributed by atoms with E-state index in [1.807, 2.05) is 24.3 Å². The van der Waals surface area contributed by atoms with E-state index >= 15 is 0 Å². The Hall–Kier alpha value is -1.93. The van der Waals surface area contributed by atoms with Crippen LogP contribution in [0.3, 0.4) is 0 Å². The molecule has 2 aliphatic heterocycles. The van der Waals surface area contributed by atoms with Crippen molar-refractivity contribution in [2.24, 2.45) is 0 Å². The van der Waals surface area contributed by atoms with Gasteiger partial charge in [-0.1, -0.05) is 0 Å². The van der Waals surface area contributed by atoms with Crippen molar-refractivity contribution in [1.29, 1.82) is 0 Å². The van der Waals surface area contributed by atoms with Crippen LogP contribution in [-0.2, 0) is 14.6 Å². The number of carbonyl (C=O) groups is 2. The molecule has 0 aromatic heterocycles. The summed E-state index contributed by atoms with van der Waals surface area (Å²) in [6.07, 6.45) is 0.536. The number of amides is 1. The summed E-state index contributed by atoms with van der Waals surface area (Å²) < 4.78 is 23.2. The molecular formula is C19H27N3O4S. The molecule has 27 heavy (non-hydrogen) atoms. The molecule has 8 heteroatoms. The second-order valence-corrected chi connectivity index (χ2v) is 9.66. The first kappa shape index (κ1) is 19.8. The SMILES string of the molecule is CC(=O)c1ccc(N2CCN(CC(=O)N(C)[C@H]3CCS(=O)(=O)C3)CC2)cc1. The smallest absolute Gasteiger partial charge is 0.236 e. The molecule has 0 bridgehead atoms. The minimum atomic E-state index is -2.99. The summed E-state index contributed by atoms with van der Waals surface area (Å²) in [5, 5.41) is 0. The summed E-state index contributed by atoms with van der Waals surface area (Å²) in [5.74, 6) is 0.302. The highest BCUT2D eigenvalue weighted by Gasteiger charge is 2.33. The lowest BCUT2D eigenvalue weighted by molar-refractivity contribution is -0.132. The summed E-state index contributed by atoms with van der Waals surface area (Å²) in [5.41, 5.74) is 1.79. The Labute approximate surface area is 160 Å². The highest BCUT2D eigenvalue weighted by Crippen LogP contribution is 2.19. The fourth-order valence-corrected chi connectivity index (χ4v) is 5.43. The molecule has 1 aromatic rings. The van der Waals surface area contributed by atoms with Gasteiger partial charge >= 0.3 is 0 Å². The van der Waals surface area contributed by atoms with Gasteiger partial charge in [-0.15, -0.1) is 0 Å². The van der Waals surface area contributed by atoms with Crippen molar-refractivity contribution in [2.75, 3.05) is 56.2 Å². The number of ketones is 1. The summed E-state index contributed by atoms with van der Waals surface area (Å²) in [7, 11) is -1.28. The topological polar surface area (TPSA) is 78.0 Å². The van der Waals surface area contributed by atoms with Crippen molar-refractivity contribution >= 4 is 27.2 Å². The molecule has 0 saturated carbocycles. The maximum atomic E-state index is 12.5. The van der Waals surface area contributed by atoms with Gasteiger partial charge in [0.05, 0.1) is 18.1 Å². The molecule has 2 heterocycles. The van der Waals surface area contributed by atoms with E-state index in [1.165, 1.54) is 0 Å². The number of anilines is 1. The summed E-state index contributed by atoms with van der Waals surface area (Å²) >= 11 is 0. The van der Waals surface area contributed by atoms with Crippen molar-refractivity contribution in [2.45, 2.75) is 19.4 Å². The van der Waals surface area contributed by atoms with Crippen LogP contribution < -0.4 is 4.90 Å². The first-order valence-corrected chi connectivity index (χ1v) is 11.1. The van der Waals surface area contributed by atoms with Gasteiger partial charge in [-0.25, -0.2) is 8.42 Å². The summed E-state index contributed by atoms with van der Waals surface area (Å²) in [4.78, 5) is 29.9. The van der Waals surface area contributed by atoms with E-state index in [1.54, 1.807) is 18.9 Å². The molecular weight excluding hydrogens is 366 g/mol. The maximum Gasteiger partial charge on any atom is 0.236 e. The highest BCUT2D eigenvalue weighted by molar-refractivity contribution is 7.91. The lowest BCUT2D eigenvalue weighted by Gasteiger charge is -2.36. The predicted octanol–water partition coefficient (Wildman–Crippen LogP) is 0.657. The molecule has 0 aliphatic carbocycles. The molecule has 1 amide bonds. The third-order valence-corrected chi connectivity index (χ3v) is 7.27. The number of sulfone groups is 1. The largest absolute Gasteiger partial charge is 0.369 e. The first-order valence-electron chi connectivity index (χ1n) is 9.29. The molecule has 0 unspecified atom stereocenters. The average molecular weight is 394 g/mol. The number of hydrogen-bond acceptors (Lipinski definition) is 6. The number of hydrogen-bond donors (Lipinski definition) is 0. The van der Waals surface area contributed by atoms with E-state index in [9.17, 15) is 18.0 Å². The van der Waals surface area contributed by atoms with Crippen LogP contribution in [0, 0.1) is 0 Å². The Morgan fingerprint density at radius 1 is 1.11 bits per heavy atom. The second-order valence-electron chi connectivity index (χ2n) is 7.43. The van der Waals surface area contributed by atoms with Gasteiger partial charge in [0.1, 0.15) is 0 Å². The van der Waals surface area contributed by atoms with Gasteiger partial charge in [0, 0.05) is 50.5 Å². The van der Waals surface area contributed by atoms with Crippen LogP contribution in [0.5, 0.6) is 0 Å². The minimum Gasteiger partial charge on any atom is -0.369 e. The number of Topliss-reactive ketones (excluding diaryl/α,β-unsaturated/α-hetero) is 1. The fourth-order valence-electron chi connectivity index (χ4n) is 3.66. The lowest BCUT2D eigenvalue weighted by Crippen LogP contribution is -2.51. The molecule has 1 atom stereocenters. The molecule has 0 spiro atoms. The van der Waals surface area contributed by atoms with E-state index < -0.39 is 9.84 Å². The Morgan fingerprint density at radius 2 is 1.74 bits per heavy atom. The van der Waals surface area contributed by atoms with E-state index in [0.29, 0.717) is 18.5 Å². The molecule has 3 rings (SSSR count). The lowest BCUT2D eigenvalue weighted by atomic mass is 10.1. The molecule has 1 aromatic carbocycles. The third-order valence-electron chi connectivity index (χ3n) is 5.52.